The maximum atomic E-state index is 13.6. The van der Waals surface area contributed by atoms with Crippen LogP contribution in [-0.4, -0.2) is 16.2 Å². The molecule has 4 aromatic rings. The van der Waals surface area contributed by atoms with Gasteiger partial charge in [-0.2, -0.15) is 4.98 Å². The van der Waals surface area contributed by atoms with Crippen LogP contribution in [0.1, 0.15) is 35.5 Å². The Balaban J connectivity index is 1.66. The first-order valence-corrected chi connectivity index (χ1v) is 11.0. The van der Waals surface area contributed by atoms with E-state index < -0.39 is 6.04 Å². The van der Waals surface area contributed by atoms with Crippen molar-refractivity contribution in [3.8, 4) is 11.4 Å². The first-order chi connectivity index (χ1) is 16.4. The molecule has 0 saturated carbocycles. The van der Waals surface area contributed by atoms with Crippen LogP contribution in [0.15, 0.2) is 83.0 Å². The number of carbonyl (C=O) groups is 1. The number of allylic oxidation sites excluding steroid dienone is 1. The molecule has 1 unspecified atom stereocenters. The number of urea groups is 1. The molecule has 0 bridgehead atoms. The van der Waals surface area contributed by atoms with Crippen LogP contribution in [-0.2, 0) is 0 Å². The van der Waals surface area contributed by atoms with Crippen LogP contribution in [0.25, 0.3) is 17.0 Å². The molecule has 1 aliphatic rings. The number of nitrogens with one attached hydrogen (secondary N) is 1. The van der Waals surface area contributed by atoms with Crippen molar-refractivity contribution in [3.63, 3.8) is 0 Å². The first kappa shape index (κ1) is 21.6. The van der Waals surface area contributed by atoms with Crippen molar-refractivity contribution in [2.24, 2.45) is 0 Å². The van der Waals surface area contributed by atoms with E-state index in [1.54, 1.807) is 17.0 Å². The number of aromatic nitrogens is 2. The van der Waals surface area contributed by atoms with Crippen LogP contribution < -0.4 is 10.2 Å². The third kappa shape index (κ3) is 3.96. The number of aryl methyl sites for hydroxylation is 2. The second kappa shape index (κ2) is 8.59. The number of hydrogen-bond donors (Lipinski definition) is 1. The van der Waals surface area contributed by atoms with Gasteiger partial charge in [0.25, 0.3) is 5.89 Å². The van der Waals surface area contributed by atoms with E-state index >= 15 is 0 Å². The number of rotatable bonds is 4. The van der Waals surface area contributed by atoms with Gasteiger partial charge in [-0.05, 0) is 62.2 Å². The Morgan fingerprint density at radius 1 is 0.941 bits per heavy atom. The lowest BCUT2D eigenvalue weighted by Crippen LogP contribution is -2.46. The molecule has 2 heterocycles. The summed E-state index contributed by atoms with van der Waals surface area (Å²) in [5.41, 5.74) is 5.69. The lowest BCUT2D eigenvalue weighted by Gasteiger charge is -2.35. The summed E-state index contributed by atoms with van der Waals surface area (Å²) in [6.45, 7) is 5.82. The minimum Gasteiger partial charge on any atom is -0.334 e. The van der Waals surface area contributed by atoms with Crippen molar-refractivity contribution < 1.29 is 13.7 Å². The third-order valence-corrected chi connectivity index (χ3v) is 5.88. The quantitative estimate of drug-likeness (QED) is 0.399. The van der Waals surface area contributed by atoms with E-state index in [-0.39, 0.29) is 11.8 Å². The summed E-state index contributed by atoms with van der Waals surface area (Å²) >= 11 is 0. The molecule has 0 saturated heterocycles. The summed E-state index contributed by atoms with van der Waals surface area (Å²) in [4.78, 5) is 19.5. The van der Waals surface area contributed by atoms with Gasteiger partial charge in [0.1, 0.15) is 5.82 Å². The summed E-state index contributed by atoms with van der Waals surface area (Å²) in [6.07, 6.45) is 0. The Morgan fingerprint density at radius 3 is 2.35 bits per heavy atom. The highest BCUT2D eigenvalue weighted by Crippen LogP contribution is 2.39. The van der Waals surface area contributed by atoms with E-state index in [9.17, 15) is 9.18 Å². The van der Waals surface area contributed by atoms with Crippen LogP contribution in [0.4, 0.5) is 14.9 Å². The fourth-order valence-electron chi connectivity index (χ4n) is 4.24. The molecule has 2 amide bonds. The number of anilines is 1. The second-order valence-corrected chi connectivity index (χ2v) is 8.40. The zero-order valence-corrected chi connectivity index (χ0v) is 19.0. The second-order valence-electron chi connectivity index (χ2n) is 8.40. The van der Waals surface area contributed by atoms with Crippen LogP contribution in [0.3, 0.4) is 0 Å². The molecule has 0 spiro atoms. The van der Waals surface area contributed by atoms with Gasteiger partial charge in [0.05, 0.1) is 17.3 Å². The Morgan fingerprint density at radius 2 is 1.65 bits per heavy atom. The van der Waals surface area contributed by atoms with E-state index in [1.807, 2.05) is 69.3 Å². The maximum absolute atomic E-state index is 13.6. The van der Waals surface area contributed by atoms with E-state index in [0.717, 1.165) is 22.4 Å². The van der Waals surface area contributed by atoms with Crippen molar-refractivity contribution in [2.45, 2.75) is 26.8 Å². The van der Waals surface area contributed by atoms with Crippen LogP contribution in [0.2, 0.25) is 0 Å². The van der Waals surface area contributed by atoms with Crippen molar-refractivity contribution in [1.82, 2.24) is 15.5 Å². The molecular weight excluding hydrogens is 431 g/mol. The van der Waals surface area contributed by atoms with E-state index in [1.165, 1.54) is 12.1 Å². The summed E-state index contributed by atoms with van der Waals surface area (Å²) in [6, 6.07) is 20.7. The van der Waals surface area contributed by atoms with Gasteiger partial charge in [-0.25, -0.2) is 9.18 Å². The van der Waals surface area contributed by atoms with Crippen LogP contribution in [0, 0.1) is 19.7 Å². The minimum atomic E-state index is -0.583. The number of nitrogens with zero attached hydrogens (tertiary/aromatic N) is 3. The summed E-state index contributed by atoms with van der Waals surface area (Å²) in [7, 11) is 0. The Hall–Kier alpha value is -4.26. The minimum absolute atomic E-state index is 0.292. The van der Waals surface area contributed by atoms with Gasteiger partial charge in [-0.1, -0.05) is 53.2 Å². The molecular formula is C27H23FN4O2. The zero-order valence-electron chi connectivity index (χ0n) is 19.0. The van der Waals surface area contributed by atoms with Gasteiger partial charge >= 0.3 is 6.03 Å². The predicted molar refractivity (Wildman–Crippen MR) is 128 cm³/mol. The largest absolute Gasteiger partial charge is 0.334 e. The molecule has 1 aliphatic heterocycles. The highest BCUT2D eigenvalue weighted by Gasteiger charge is 2.36. The molecule has 1 aromatic heterocycles. The highest BCUT2D eigenvalue weighted by molar-refractivity contribution is 6.01. The van der Waals surface area contributed by atoms with Crippen LogP contribution in [0.5, 0.6) is 0 Å². The van der Waals surface area contributed by atoms with E-state index in [2.05, 4.69) is 15.5 Å². The van der Waals surface area contributed by atoms with Gasteiger partial charge < -0.3 is 9.84 Å². The van der Waals surface area contributed by atoms with Crippen molar-refractivity contribution in [3.05, 3.63) is 107 Å². The molecule has 5 rings (SSSR count). The lowest BCUT2D eigenvalue weighted by atomic mass is 9.94. The van der Waals surface area contributed by atoms with Gasteiger partial charge in [0.2, 0.25) is 5.82 Å². The smallest absolute Gasteiger partial charge is 0.326 e. The summed E-state index contributed by atoms with van der Waals surface area (Å²) in [5, 5.41) is 7.24. The van der Waals surface area contributed by atoms with Crippen molar-refractivity contribution in [2.75, 3.05) is 4.90 Å². The Labute approximate surface area is 196 Å². The van der Waals surface area contributed by atoms with E-state index in [0.29, 0.717) is 28.5 Å². The molecule has 34 heavy (non-hydrogen) atoms. The molecule has 1 atom stereocenters. The standard InChI is InChI=1S/C27H23FN4O2/c1-16-6-4-8-20(14-16)25-30-26(34-31-25)23-18(3)32(22-9-5-7-17(2)15-22)27(33)29-24(23)19-10-12-21(28)13-11-19/h4-15,24H,1-3H3,(H,29,33). The number of halogens is 1. The molecule has 0 radical (unpaired) electrons. The Bertz CT molecular complexity index is 1410. The SMILES string of the molecule is CC1=C(c2nc(-c3cccc(C)c3)no2)C(c2ccc(F)cc2)NC(=O)N1c1cccc(C)c1. The third-order valence-electron chi connectivity index (χ3n) is 5.88. The number of amides is 2. The molecule has 3 aromatic carbocycles. The predicted octanol–water partition coefficient (Wildman–Crippen LogP) is 6.19. The van der Waals surface area contributed by atoms with Gasteiger partial charge in [-0.3, -0.25) is 4.90 Å². The Kier molecular flexibility index (Phi) is 5.45. The summed E-state index contributed by atoms with van der Waals surface area (Å²) in [5.74, 6) is 0.394. The fourth-order valence-corrected chi connectivity index (χ4v) is 4.24. The topological polar surface area (TPSA) is 71.3 Å². The van der Waals surface area contributed by atoms with Gasteiger partial charge in [0, 0.05) is 11.3 Å². The first-order valence-electron chi connectivity index (χ1n) is 11.0. The molecule has 1 N–H and O–H groups in total. The van der Waals surface area contributed by atoms with Crippen molar-refractivity contribution >= 4 is 17.3 Å². The average molecular weight is 455 g/mol. The summed E-state index contributed by atoms with van der Waals surface area (Å²) < 4.78 is 19.3. The molecule has 170 valence electrons. The molecule has 6 nitrogen and oxygen atoms in total. The molecule has 0 fully saturated rings. The molecule has 7 heteroatoms. The molecule has 0 aliphatic carbocycles. The number of benzene rings is 3. The normalized spacial score (nSPS) is 16.1. The average Bonchev–Trinajstić information content (AvgIpc) is 3.29. The maximum Gasteiger partial charge on any atom is 0.326 e. The lowest BCUT2D eigenvalue weighted by molar-refractivity contribution is 0.244. The highest BCUT2D eigenvalue weighted by atomic mass is 19.1. The van der Waals surface area contributed by atoms with Crippen LogP contribution >= 0.6 is 0 Å². The zero-order chi connectivity index (χ0) is 23.8. The fraction of sp³-hybridized carbons (Fsp3) is 0.148. The van der Waals surface area contributed by atoms with Gasteiger partial charge in [-0.15, -0.1) is 0 Å². The number of hydrogen-bond acceptors (Lipinski definition) is 4. The van der Waals surface area contributed by atoms with Gasteiger partial charge in [0.15, 0.2) is 0 Å². The van der Waals surface area contributed by atoms with Crippen molar-refractivity contribution in [1.29, 1.82) is 0 Å². The number of carbonyl (C=O) groups excluding carboxylic acids is 1. The monoisotopic (exact) mass is 454 g/mol. The van der Waals surface area contributed by atoms with E-state index in [4.69, 9.17) is 4.52 Å².